The molecule has 1 aromatic carbocycles. The van der Waals surface area contributed by atoms with Crippen molar-refractivity contribution in [2.75, 3.05) is 38.8 Å². The number of carbonyl (C=O) groups excluding carboxylic acids is 6. The van der Waals surface area contributed by atoms with Gasteiger partial charge in [-0.2, -0.15) is 0 Å². The van der Waals surface area contributed by atoms with E-state index in [4.69, 9.17) is 57.8 Å². The first-order valence-electron chi connectivity index (χ1n) is 18.9. The molecule has 0 bridgehead atoms. The van der Waals surface area contributed by atoms with Crippen LogP contribution in [0.15, 0.2) is 30.3 Å². The third kappa shape index (κ3) is 13.9. The molecule has 1 aromatic rings. The molecule has 1 amide bonds. The molecule has 0 aromatic heterocycles. The predicted octanol–water partition coefficient (Wildman–Crippen LogP) is 1.57. The Hall–Kier alpha value is -3.73. The Labute approximate surface area is 340 Å². The highest BCUT2D eigenvalue weighted by Crippen LogP contribution is 2.40. The van der Waals surface area contributed by atoms with Gasteiger partial charge in [0.2, 0.25) is 11.8 Å². The van der Waals surface area contributed by atoms with Crippen molar-refractivity contribution in [1.82, 2.24) is 5.32 Å². The van der Waals surface area contributed by atoms with Gasteiger partial charge in [-0.1, -0.05) is 48.5 Å². The molecule has 11 atom stereocenters. The minimum Gasteiger partial charge on any atom is -0.463 e. The Morgan fingerprint density at radius 1 is 0.793 bits per heavy atom. The van der Waals surface area contributed by atoms with Crippen molar-refractivity contribution >= 4 is 46.7 Å². The SMILES string of the molecule is CC(=O)NC1[C@@H](O[C@@H]2OC(COC(C)=O)[C@H](OC(C)=O)[C@H](OC(C)=O)C2OC(C)=O)[C@H]2OC(c3ccccc3)OCC2O[C@]1(N)OCCOCCCCCSC(C)=O. The van der Waals surface area contributed by atoms with Crippen LogP contribution in [0.25, 0.3) is 0 Å². The minimum absolute atomic E-state index is 0.0750. The average Bonchev–Trinajstić information content (AvgIpc) is 3.14. The fourth-order valence-corrected chi connectivity index (χ4v) is 7.28. The number of nitrogens with two attached hydrogens (primary N) is 1. The van der Waals surface area contributed by atoms with E-state index in [9.17, 15) is 28.8 Å². The van der Waals surface area contributed by atoms with Crippen LogP contribution in [-0.4, -0.2) is 135 Å². The van der Waals surface area contributed by atoms with Gasteiger partial charge in [0.25, 0.3) is 0 Å². The lowest BCUT2D eigenvalue weighted by Gasteiger charge is -2.54. The summed E-state index contributed by atoms with van der Waals surface area (Å²) >= 11 is 1.28. The molecule has 0 spiro atoms. The van der Waals surface area contributed by atoms with Gasteiger partial charge in [-0.3, -0.25) is 34.5 Å². The zero-order chi connectivity index (χ0) is 42.4. The van der Waals surface area contributed by atoms with Crippen LogP contribution in [0.4, 0.5) is 0 Å². The lowest BCUT2D eigenvalue weighted by Crippen LogP contribution is -2.77. The first-order chi connectivity index (χ1) is 27.6. The van der Waals surface area contributed by atoms with Gasteiger partial charge in [0.1, 0.15) is 37.1 Å². The number of hydrogen-bond acceptors (Lipinski definition) is 19. The largest absolute Gasteiger partial charge is 0.463 e. The van der Waals surface area contributed by atoms with Crippen molar-refractivity contribution in [1.29, 1.82) is 0 Å². The standard InChI is InChI=1S/C38H54N2O17S/c1-21(41)40-35-33(56-37-34(53-25(5)45)32(52-24(4)44)30(51-23(3)43)28(54-37)19-48-22(2)42)31-29(20-49-36(55-31)27-13-9-7-10-14-27)57-38(35,39)50-17-16-47-15-11-8-12-18-58-26(6)46/h7,9-10,13-14,28-37H,8,11-12,15-20,39H2,1-6H3,(H,40,41)/t28?,29?,30-,31-,32-,33-,34?,35?,36?,37-,38+/m0/s1. The topological polar surface area (TPSA) is 242 Å². The number of benzene rings is 1. The Morgan fingerprint density at radius 2 is 1.47 bits per heavy atom. The summed E-state index contributed by atoms with van der Waals surface area (Å²) in [5.41, 5.74) is 7.52. The first kappa shape index (κ1) is 47.0. The van der Waals surface area contributed by atoms with Crippen LogP contribution in [0.5, 0.6) is 0 Å². The minimum atomic E-state index is -2.12. The number of fused-ring (bicyclic) bond motifs is 1. The molecule has 5 unspecified atom stereocenters. The van der Waals surface area contributed by atoms with Gasteiger partial charge in [-0.15, -0.1) is 0 Å². The highest BCUT2D eigenvalue weighted by atomic mass is 32.2. The molecule has 3 N–H and O–H groups in total. The summed E-state index contributed by atoms with van der Waals surface area (Å²) in [6.07, 6.45) is -9.49. The van der Waals surface area contributed by atoms with Crippen molar-refractivity contribution in [2.45, 2.75) is 128 Å². The monoisotopic (exact) mass is 842 g/mol. The van der Waals surface area contributed by atoms with Gasteiger partial charge >= 0.3 is 23.9 Å². The molecule has 324 valence electrons. The van der Waals surface area contributed by atoms with E-state index in [1.165, 1.54) is 25.6 Å². The van der Waals surface area contributed by atoms with Gasteiger partial charge in [0.15, 0.2) is 36.0 Å². The molecule has 0 radical (unpaired) electrons. The molecule has 0 aliphatic carbocycles. The van der Waals surface area contributed by atoms with Crippen molar-refractivity contribution < 1.29 is 80.9 Å². The van der Waals surface area contributed by atoms with E-state index in [2.05, 4.69) is 5.32 Å². The molecule has 3 heterocycles. The number of rotatable bonds is 19. The van der Waals surface area contributed by atoms with Crippen LogP contribution in [0.3, 0.4) is 0 Å². The maximum absolute atomic E-state index is 12.9. The summed E-state index contributed by atoms with van der Waals surface area (Å²) in [6, 6.07) is 7.62. The Morgan fingerprint density at radius 3 is 2.10 bits per heavy atom. The summed E-state index contributed by atoms with van der Waals surface area (Å²) < 4.78 is 65.6. The number of hydrogen-bond donors (Lipinski definition) is 2. The van der Waals surface area contributed by atoms with E-state index in [-0.39, 0.29) is 24.9 Å². The smallest absolute Gasteiger partial charge is 0.303 e. The van der Waals surface area contributed by atoms with E-state index >= 15 is 0 Å². The van der Waals surface area contributed by atoms with E-state index in [0.29, 0.717) is 12.2 Å². The molecular weight excluding hydrogens is 788 g/mol. The maximum Gasteiger partial charge on any atom is 0.303 e. The third-order valence-corrected chi connectivity index (χ3v) is 9.84. The number of ether oxygens (including phenoxy) is 11. The highest BCUT2D eigenvalue weighted by molar-refractivity contribution is 8.13. The molecule has 4 rings (SSSR count). The summed E-state index contributed by atoms with van der Waals surface area (Å²) in [5, 5.41) is 2.83. The van der Waals surface area contributed by atoms with E-state index in [1.807, 2.05) is 6.07 Å². The van der Waals surface area contributed by atoms with E-state index in [1.54, 1.807) is 24.3 Å². The van der Waals surface area contributed by atoms with Crippen molar-refractivity contribution in [3.8, 4) is 0 Å². The third-order valence-electron chi connectivity index (χ3n) is 8.94. The highest BCUT2D eigenvalue weighted by Gasteiger charge is 2.61. The van der Waals surface area contributed by atoms with Gasteiger partial charge < -0.3 is 57.4 Å². The van der Waals surface area contributed by atoms with Crippen LogP contribution >= 0.6 is 11.8 Å². The van der Waals surface area contributed by atoms with Crippen LogP contribution in [0.1, 0.15) is 72.7 Å². The molecular formula is C38H54N2O17S. The number of thioether (sulfide) groups is 1. The molecule has 3 fully saturated rings. The maximum atomic E-state index is 12.9. The summed E-state index contributed by atoms with van der Waals surface area (Å²) in [5.74, 6) is -5.14. The number of nitrogens with one attached hydrogen (secondary N) is 1. The molecule has 3 saturated heterocycles. The van der Waals surface area contributed by atoms with E-state index < -0.39 is 104 Å². The van der Waals surface area contributed by atoms with Crippen LogP contribution in [0, 0.1) is 0 Å². The second-order valence-electron chi connectivity index (χ2n) is 13.8. The summed E-state index contributed by atoms with van der Waals surface area (Å²) in [4.78, 5) is 73.3. The second kappa shape index (κ2) is 22.6. The van der Waals surface area contributed by atoms with Gasteiger partial charge in [-0.25, -0.2) is 0 Å². The quantitative estimate of drug-likeness (QED) is 0.0869. The average molecular weight is 843 g/mol. The van der Waals surface area contributed by atoms with Gasteiger partial charge in [-0.05, 0) is 12.8 Å². The number of esters is 4. The molecule has 3 aliphatic heterocycles. The summed E-state index contributed by atoms with van der Waals surface area (Å²) in [7, 11) is 0. The van der Waals surface area contributed by atoms with Crippen LogP contribution in [-0.2, 0) is 80.9 Å². The predicted molar refractivity (Wildman–Crippen MR) is 200 cm³/mol. The summed E-state index contributed by atoms with van der Waals surface area (Å²) in [6.45, 7) is 7.05. The molecule has 3 aliphatic rings. The number of amides is 1. The van der Waals surface area contributed by atoms with E-state index in [0.717, 1.165) is 52.7 Å². The molecule has 20 heteroatoms. The first-order valence-corrected chi connectivity index (χ1v) is 19.9. The number of carbonyl (C=O) groups is 6. The van der Waals surface area contributed by atoms with Crippen LogP contribution in [0.2, 0.25) is 0 Å². The Balaban J connectivity index is 1.68. The van der Waals surface area contributed by atoms with Crippen molar-refractivity contribution in [2.24, 2.45) is 5.73 Å². The molecule has 58 heavy (non-hydrogen) atoms. The van der Waals surface area contributed by atoms with Gasteiger partial charge in [0, 0.05) is 59.5 Å². The van der Waals surface area contributed by atoms with Crippen molar-refractivity contribution in [3.05, 3.63) is 35.9 Å². The van der Waals surface area contributed by atoms with Crippen LogP contribution < -0.4 is 11.1 Å². The molecule has 19 nitrogen and oxygen atoms in total. The second-order valence-corrected chi connectivity index (χ2v) is 15.0. The normalized spacial score (nSPS) is 30.6. The van der Waals surface area contributed by atoms with Gasteiger partial charge in [0.05, 0.1) is 19.8 Å². The molecule has 0 saturated carbocycles. The Bertz CT molecular complexity index is 1550. The lowest BCUT2D eigenvalue weighted by atomic mass is 9.92. The fraction of sp³-hybridized carbons (Fsp3) is 0.684. The Kier molecular flexibility index (Phi) is 18.3. The zero-order valence-corrected chi connectivity index (χ0v) is 34.3. The zero-order valence-electron chi connectivity index (χ0n) is 33.5. The van der Waals surface area contributed by atoms with Crippen molar-refractivity contribution in [3.63, 3.8) is 0 Å². The number of unbranched alkanes of at least 4 members (excludes halogenated alkanes) is 2. The lowest BCUT2D eigenvalue weighted by molar-refractivity contribution is -0.403. The fourth-order valence-electron chi connectivity index (χ4n) is 6.65.